The quantitative estimate of drug-likeness (QED) is 0.447. The third-order valence-electron chi connectivity index (χ3n) is 6.39. The van der Waals surface area contributed by atoms with Crippen molar-refractivity contribution < 1.29 is 9.09 Å². The third-order valence-corrected chi connectivity index (χ3v) is 9.30. The van der Waals surface area contributed by atoms with E-state index in [1.807, 2.05) is 36.4 Å². The molecule has 1 aliphatic rings. The fourth-order valence-electron chi connectivity index (χ4n) is 4.53. The molecule has 1 fully saturated rings. The Morgan fingerprint density at radius 2 is 1.57 bits per heavy atom. The fourth-order valence-corrected chi connectivity index (χ4v) is 7.11. The van der Waals surface area contributed by atoms with E-state index < -0.39 is 7.37 Å². The highest BCUT2D eigenvalue weighted by molar-refractivity contribution is 7.58. The summed E-state index contributed by atoms with van der Waals surface area (Å²) in [5, 5.41) is 0. The lowest BCUT2D eigenvalue weighted by Crippen LogP contribution is -2.34. The van der Waals surface area contributed by atoms with Gasteiger partial charge in [0.2, 0.25) is 7.37 Å². The van der Waals surface area contributed by atoms with Crippen molar-refractivity contribution in [3.05, 3.63) is 71.8 Å². The van der Waals surface area contributed by atoms with Gasteiger partial charge in [0, 0.05) is 0 Å². The molecule has 1 saturated carbocycles. The molecule has 2 aromatic rings. The van der Waals surface area contributed by atoms with Crippen LogP contribution >= 0.6 is 7.37 Å². The molecule has 3 heteroatoms. The van der Waals surface area contributed by atoms with Gasteiger partial charge in [-0.1, -0.05) is 87.9 Å². The maximum atomic E-state index is 14.4. The van der Waals surface area contributed by atoms with E-state index in [1.54, 1.807) is 0 Å². The van der Waals surface area contributed by atoms with E-state index in [-0.39, 0.29) is 11.8 Å². The second-order valence-electron chi connectivity index (χ2n) is 8.93. The molecule has 152 valence electrons. The van der Waals surface area contributed by atoms with Gasteiger partial charge in [0.25, 0.3) is 0 Å². The van der Waals surface area contributed by atoms with Crippen LogP contribution in [0, 0.1) is 17.8 Å². The molecule has 0 heterocycles. The van der Waals surface area contributed by atoms with Crippen molar-refractivity contribution in [3.63, 3.8) is 0 Å². The molecule has 0 aromatic heterocycles. The molecule has 0 aliphatic heterocycles. The molecule has 28 heavy (non-hydrogen) atoms. The van der Waals surface area contributed by atoms with Crippen LogP contribution in [0.15, 0.2) is 60.7 Å². The lowest BCUT2D eigenvalue weighted by atomic mass is 9.75. The van der Waals surface area contributed by atoms with Gasteiger partial charge in [-0.15, -0.1) is 0 Å². The summed E-state index contributed by atoms with van der Waals surface area (Å²) >= 11 is 0. The molecule has 3 rings (SSSR count). The second-order valence-corrected chi connectivity index (χ2v) is 11.7. The van der Waals surface area contributed by atoms with E-state index in [0.717, 1.165) is 17.5 Å². The topological polar surface area (TPSA) is 26.3 Å². The summed E-state index contributed by atoms with van der Waals surface area (Å²) in [5.41, 5.74) is 2.09. The van der Waals surface area contributed by atoms with Crippen LogP contribution in [0.4, 0.5) is 0 Å². The Kier molecular flexibility index (Phi) is 7.18. The average Bonchev–Trinajstić information content (AvgIpc) is 2.68. The van der Waals surface area contributed by atoms with Gasteiger partial charge in [0.05, 0.1) is 17.9 Å². The van der Waals surface area contributed by atoms with Gasteiger partial charge >= 0.3 is 0 Å². The highest BCUT2D eigenvalue weighted by atomic mass is 31.2. The third kappa shape index (κ3) is 5.16. The Morgan fingerprint density at radius 3 is 2.18 bits per heavy atom. The molecule has 2 aromatic carbocycles. The molecule has 5 atom stereocenters. The van der Waals surface area contributed by atoms with Gasteiger partial charge in [-0.2, -0.15) is 0 Å². The highest BCUT2D eigenvalue weighted by Crippen LogP contribution is 2.64. The lowest BCUT2D eigenvalue weighted by molar-refractivity contribution is 0.0467. The smallest absolute Gasteiger partial charge is 0.214 e. The standard InChI is InChI=1S/C25H35O2P/c1-19(2)24-16-15-20(3)17-25(24)27-28(26,18-22-11-7-5-8-12-22)21(4)23-13-9-6-10-14-23/h5-14,19-21,24-25H,15-18H2,1-4H3/t20-,21+,24+,25-,28-/m1/s1. The van der Waals surface area contributed by atoms with Crippen molar-refractivity contribution in [2.75, 3.05) is 0 Å². The zero-order valence-corrected chi connectivity index (χ0v) is 18.6. The van der Waals surface area contributed by atoms with Gasteiger partial charge in [0.15, 0.2) is 0 Å². The molecule has 0 radical (unpaired) electrons. The van der Waals surface area contributed by atoms with Crippen LogP contribution < -0.4 is 0 Å². The minimum atomic E-state index is -2.93. The van der Waals surface area contributed by atoms with E-state index in [1.165, 1.54) is 12.8 Å². The maximum absolute atomic E-state index is 14.4. The molecule has 0 spiro atoms. The molecule has 2 nitrogen and oxygen atoms in total. The zero-order valence-electron chi connectivity index (χ0n) is 17.8. The Balaban J connectivity index is 1.92. The number of benzene rings is 2. The number of rotatable bonds is 7. The molecule has 0 bridgehead atoms. The minimum absolute atomic E-state index is 0.0875. The first-order chi connectivity index (χ1) is 13.4. The minimum Gasteiger partial charge on any atom is -0.324 e. The van der Waals surface area contributed by atoms with E-state index in [9.17, 15) is 4.57 Å². The Morgan fingerprint density at radius 1 is 0.964 bits per heavy atom. The van der Waals surface area contributed by atoms with Crippen LogP contribution in [-0.4, -0.2) is 6.10 Å². The lowest BCUT2D eigenvalue weighted by Gasteiger charge is -2.40. The molecule has 1 aliphatic carbocycles. The molecular weight excluding hydrogens is 363 g/mol. The Labute approximate surface area is 171 Å². The van der Waals surface area contributed by atoms with Crippen LogP contribution in [0.2, 0.25) is 0 Å². The monoisotopic (exact) mass is 398 g/mol. The zero-order chi connectivity index (χ0) is 20.1. The van der Waals surface area contributed by atoms with Gasteiger partial charge in [-0.25, -0.2) is 0 Å². The van der Waals surface area contributed by atoms with E-state index in [2.05, 4.69) is 52.0 Å². The Hall–Kier alpha value is -1.37. The Bertz CT molecular complexity index is 772. The first kappa shape index (κ1) is 21.3. The molecular formula is C25H35O2P. The molecule has 0 saturated heterocycles. The van der Waals surface area contributed by atoms with Crippen molar-refractivity contribution in [2.45, 2.75) is 64.9 Å². The van der Waals surface area contributed by atoms with Crippen LogP contribution in [-0.2, 0) is 15.3 Å². The van der Waals surface area contributed by atoms with E-state index >= 15 is 0 Å². The number of hydrogen-bond acceptors (Lipinski definition) is 2. The summed E-state index contributed by atoms with van der Waals surface area (Å²) in [5.74, 6) is 1.68. The van der Waals surface area contributed by atoms with Gasteiger partial charge in [-0.3, -0.25) is 4.57 Å². The van der Waals surface area contributed by atoms with Gasteiger partial charge < -0.3 is 4.52 Å². The SMILES string of the molecule is CC(C)[C@@H]1CC[C@@H](C)C[C@H]1O[P@](=O)(Cc1ccccc1)[C@@H](C)c1ccccc1. The first-order valence-corrected chi connectivity index (χ1v) is 12.6. The van der Waals surface area contributed by atoms with Crippen molar-refractivity contribution in [1.82, 2.24) is 0 Å². The highest BCUT2D eigenvalue weighted by Gasteiger charge is 2.40. The van der Waals surface area contributed by atoms with Crippen molar-refractivity contribution in [3.8, 4) is 0 Å². The van der Waals surface area contributed by atoms with Crippen LogP contribution in [0.5, 0.6) is 0 Å². The summed E-state index contributed by atoms with van der Waals surface area (Å²) in [4.78, 5) is 0. The van der Waals surface area contributed by atoms with Crippen LogP contribution in [0.3, 0.4) is 0 Å². The average molecular weight is 399 g/mol. The van der Waals surface area contributed by atoms with Crippen LogP contribution in [0.1, 0.15) is 63.7 Å². The first-order valence-electron chi connectivity index (χ1n) is 10.7. The van der Waals surface area contributed by atoms with E-state index in [0.29, 0.717) is 23.9 Å². The van der Waals surface area contributed by atoms with E-state index in [4.69, 9.17) is 4.52 Å². The molecule has 0 unspecified atom stereocenters. The van der Waals surface area contributed by atoms with Crippen molar-refractivity contribution >= 4 is 7.37 Å². The predicted octanol–water partition coefficient (Wildman–Crippen LogP) is 7.70. The summed E-state index contributed by atoms with van der Waals surface area (Å²) in [7, 11) is -2.93. The summed E-state index contributed by atoms with van der Waals surface area (Å²) in [6.45, 7) is 8.94. The predicted molar refractivity (Wildman–Crippen MR) is 119 cm³/mol. The summed E-state index contributed by atoms with van der Waals surface area (Å²) in [6, 6.07) is 20.4. The second kappa shape index (κ2) is 9.42. The van der Waals surface area contributed by atoms with Crippen LogP contribution in [0.25, 0.3) is 0 Å². The van der Waals surface area contributed by atoms with Gasteiger partial charge in [0.1, 0.15) is 0 Å². The fraction of sp³-hybridized carbons (Fsp3) is 0.520. The normalized spacial score (nSPS) is 26.0. The largest absolute Gasteiger partial charge is 0.324 e. The number of hydrogen-bond donors (Lipinski definition) is 0. The molecule has 0 N–H and O–H groups in total. The van der Waals surface area contributed by atoms with Crippen molar-refractivity contribution in [2.24, 2.45) is 17.8 Å². The van der Waals surface area contributed by atoms with Gasteiger partial charge in [-0.05, 0) is 48.6 Å². The molecule has 0 amide bonds. The summed E-state index contributed by atoms with van der Waals surface area (Å²) in [6.07, 6.45) is 4.03. The summed E-state index contributed by atoms with van der Waals surface area (Å²) < 4.78 is 21.1. The maximum Gasteiger partial charge on any atom is 0.214 e. The van der Waals surface area contributed by atoms with Crippen molar-refractivity contribution in [1.29, 1.82) is 0 Å².